The van der Waals surface area contributed by atoms with Crippen LogP contribution in [0.4, 0.5) is 0 Å². The van der Waals surface area contributed by atoms with Crippen LogP contribution in [0.5, 0.6) is 0 Å². The molecule has 0 aliphatic carbocycles. The number of rotatable bonds is 2. The molecule has 0 aliphatic rings. The molecule has 0 amide bonds. The van der Waals surface area contributed by atoms with E-state index >= 15 is 0 Å². The van der Waals surface area contributed by atoms with Gasteiger partial charge in [0, 0.05) is 23.4 Å². The van der Waals surface area contributed by atoms with Gasteiger partial charge in [-0.25, -0.2) is 0 Å². The number of allylic oxidation sites excluding steroid dienone is 1. The highest BCUT2D eigenvalue weighted by molar-refractivity contribution is 5.96. The molecule has 3 heteroatoms. The van der Waals surface area contributed by atoms with Crippen molar-refractivity contribution in [3.63, 3.8) is 0 Å². The first-order chi connectivity index (χ1) is 4.88. The van der Waals surface area contributed by atoms with Gasteiger partial charge in [0.05, 0.1) is 0 Å². The first-order valence-electron chi connectivity index (χ1n) is 3.63. The summed E-state index contributed by atoms with van der Waals surface area (Å²) in [4.78, 5) is 0. The average molecular weight is 155 g/mol. The molecule has 3 nitrogen and oxygen atoms in total. The zero-order valence-electron chi connectivity index (χ0n) is 7.44. The van der Waals surface area contributed by atoms with Crippen LogP contribution in [0, 0.1) is 10.8 Å². The highest BCUT2D eigenvalue weighted by Gasteiger charge is 2.14. The molecule has 11 heavy (non-hydrogen) atoms. The molecule has 0 rings (SSSR count). The molecular weight excluding hydrogens is 138 g/mol. The van der Waals surface area contributed by atoms with Crippen LogP contribution in [0.1, 0.15) is 20.8 Å². The molecule has 0 bridgehead atoms. The average Bonchev–Trinajstić information content (AvgIpc) is 1.85. The first kappa shape index (κ1) is 10.2. The Hall–Kier alpha value is -0.830. The summed E-state index contributed by atoms with van der Waals surface area (Å²) >= 11 is 0. The predicted octanol–water partition coefficient (Wildman–Crippen LogP) is 0.854. The van der Waals surface area contributed by atoms with Crippen molar-refractivity contribution >= 4 is 5.71 Å². The Balaban J connectivity index is 4.30. The van der Waals surface area contributed by atoms with Gasteiger partial charge in [0.25, 0.3) is 0 Å². The van der Waals surface area contributed by atoms with Gasteiger partial charge in [0.1, 0.15) is 0 Å². The molecule has 0 aromatic rings. The van der Waals surface area contributed by atoms with Crippen LogP contribution in [0.25, 0.3) is 0 Å². The third-order valence-electron chi connectivity index (χ3n) is 1.37. The van der Waals surface area contributed by atoms with Gasteiger partial charge in [-0.1, -0.05) is 20.8 Å². The lowest BCUT2D eigenvalue weighted by atomic mass is 9.89. The fraction of sp³-hybridized carbons (Fsp3) is 0.625. The number of hydrogen-bond donors (Lipinski definition) is 3. The van der Waals surface area contributed by atoms with E-state index in [-0.39, 0.29) is 5.41 Å². The molecule has 0 aliphatic heterocycles. The molecular formula is C8H17N3. The van der Waals surface area contributed by atoms with Crippen LogP contribution in [0.3, 0.4) is 0 Å². The summed E-state index contributed by atoms with van der Waals surface area (Å²) in [6, 6.07) is 0. The number of nitrogens with one attached hydrogen (secondary N) is 1. The molecule has 0 aromatic carbocycles. The minimum Gasteiger partial charge on any atom is -0.401 e. The maximum Gasteiger partial charge on any atom is 0.0384 e. The Kier molecular flexibility index (Phi) is 3.26. The normalized spacial score (nSPS) is 13.3. The van der Waals surface area contributed by atoms with Gasteiger partial charge in [-0.2, -0.15) is 0 Å². The Morgan fingerprint density at radius 1 is 1.45 bits per heavy atom. The van der Waals surface area contributed by atoms with E-state index in [4.69, 9.17) is 16.9 Å². The first-order valence-corrected chi connectivity index (χ1v) is 3.63. The summed E-state index contributed by atoms with van der Waals surface area (Å²) in [5.41, 5.74) is 11.7. The van der Waals surface area contributed by atoms with Gasteiger partial charge in [-0.3, -0.25) is 0 Å². The third-order valence-corrected chi connectivity index (χ3v) is 1.37. The Morgan fingerprint density at radius 3 is 2.18 bits per heavy atom. The van der Waals surface area contributed by atoms with E-state index in [0.29, 0.717) is 18.0 Å². The Morgan fingerprint density at radius 2 is 1.91 bits per heavy atom. The molecule has 64 valence electrons. The second kappa shape index (κ2) is 3.53. The molecule has 0 heterocycles. The van der Waals surface area contributed by atoms with E-state index in [2.05, 4.69) is 0 Å². The van der Waals surface area contributed by atoms with Gasteiger partial charge in [0.2, 0.25) is 0 Å². The monoisotopic (exact) mass is 155 g/mol. The number of hydrogen-bond acceptors (Lipinski definition) is 3. The van der Waals surface area contributed by atoms with E-state index in [1.807, 2.05) is 20.8 Å². The number of nitrogens with two attached hydrogens (primary N) is 2. The summed E-state index contributed by atoms with van der Waals surface area (Å²) in [5.74, 6) is 0. The molecule has 0 atom stereocenters. The maximum atomic E-state index is 7.56. The SMILES string of the molecule is CC(C)(C)C(=N)/C=C(\N)CN. The van der Waals surface area contributed by atoms with Crippen LogP contribution >= 0.6 is 0 Å². The van der Waals surface area contributed by atoms with Crippen molar-refractivity contribution < 1.29 is 0 Å². The topological polar surface area (TPSA) is 75.9 Å². The van der Waals surface area contributed by atoms with Crippen molar-refractivity contribution in [1.29, 1.82) is 5.41 Å². The van der Waals surface area contributed by atoms with Gasteiger partial charge in [-0.05, 0) is 6.08 Å². The summed E-state index contributed by atoms with van der Waals surface area (Å²) < 4.78 is 0. The summed E-state index contributed by atoms with van der Waals surface area (Å²) in [7, 11) is 0. The van der Waals surface area contributed by atoms with Crippen molar-refractivity contribution in [2.75, 3.05) is 6.54 Å². The minimum atomic E-state index is -0.139. The highest BCUT2D eigenvalue weighted by atomic mass is 14.7. The highest BCUT2D eigenvalue weighted by Crippen LogP contribution is 2.15. The van der Waals surface area contributed by atoms with E-state index in [9.17, 15) is 0 Å². The molecule has 0 unspecified atom stereocenters. The fourth-order valence-electron chi connectivity index (χ4n) is 0.461. The van der Waals surface area contributed by atoms with Crippen LogP contribution in [-0.4, -0.2) is 12.3 Å². The standard InChI is InChI=1S/C8H17N3/c1-8(2,3)7(11)4-6(10)5-9/h4,11H,5,9-10H2,1-3H3/b6-4-,11-7?. The van der Waals surface area contributed by atoms with Gasteiger partial charge < -0.3 is 16.9 Å². The fourth-order valence-corrected chi connectivity index (χ4v) is 0.461. The van der Waals surface area contributed by atoms with Gasteiger partial charge in [-0.15, -0.1) is 0 Å². The van der Waals surface area contributed by atoms with Crippen LogP contribution in [0.15, 0.2) is 11.8 Å². The largest absolute Gasteiger partial charge is 0.401 e. The second-order valence-electron chi connectivity index (χ2n) is 3.59. The third kappa shape index (κ3) is 3.78. The van der Waals surface area contributed by atoms with E-state index in [1.54, 1.807) is 6.08 Å². The molecule has 0 saturated heterocycles. The molecule has 0 spiro atoms. The zero-order chi connectivity index (χ0) is 9.07. The lowest BCUT2D eigenvalue weighted by Gasteiger charge is -2.17. The second-order valence-corrected chi connectivity index (χ2v) is 3.59. The molecule has 0 aromatic heterocycles. The van der Waals surface area contributed by atoms with Crippen LogP contribution in [-0.2, 0) is 0 Å². The van der Waals surface area contributed by atoms with E-state index in [0.717, 1.165) is 0 Å². The van der Waals surface area contributed by atoms with Crippen molar-refractivity contribution in [3.8, 4) is 0 Å². The van der Waals surface area contributed by atoms with Crippen molar-refractivity contribution in [2.24, 2.45) is 16.9 Å². The lowest BCUT2D eigenvalue weighted by molar-refractivity contribution is 0.590. The smallest absolute Gasteiger partial charge is 0.0384 e. The quantitative estimate of drug-likeness (QED) is 0.517. The minimum absolute atomic E-state index is 0.139. The molecule has 0 radical (unpaired) electrons. The predicted molar refractivity (Wildman–Crippen MR) is 48.5 cm³/mol. The van der Waals surface area contributed by atoms with Crippen LogP contribution in [0.2, 0.25) is 0 Å². The Bertz CT molecular complexity index is 174. The Labute approximate surface area is 68.0 Å². The van der Waals surface area contributed by atoms with Crippen molar-refractivity contribution in [2.45, 2.75) is 20.8 Å². The van der Waals surface area contributed by atoms with Crippen molar-refractivity contribution in [1.82, 2.24) is 0 Å². The van der Waals surface area contributed by atoms with Gasteiger partial charge >= 0.3 is 0 Å². The lowest BCUT2D eigenvalue weighted by Crippen LogP contribution is -2.20. The van der Waals surface area contributed by atoms with E-state index < -0.39 is 0 Å². The molecule has 5 N–H and O–H groups in total. The molecule has 0 fully saturated rings. The molecule has 0 saturated carbocycles. The van der Waals surface area contributed by atoms with Gasteiger partial charge in [0.15, 0.2) is 0 Å². The van der Waals surface area contributed by atoms with Crippen LogP contribution < -0.4 is 11.5 Å². The zero-order valence-corrected chi connectivity index (χ0v) is 7.44. The summed E-state index contributed by atoms with van der Waals surface area (Å²) in [5, 5.41) is 7.56. The maximum absolute atomic E-state index is 7.56. The summed E-state index contributed by atoms with van der Waals surface area (Å²) in [6.45, 7) is 6.22. The van der Waals surface area contributed by atoms with E-state index in [1.165, 1.54) is 0 Å². The summed E-state index contributed by atoms with van der Waals surface area (Å²) in [6.07, 6.45) is 1.62. The van der Waals surface area contributed by atoms with Crippen molar-refractivity contribution in [3.05, 3.63) is 11.8 Å².